The molecule has 3 aromatic carbocycles. The zero-order valence-corrected chi connectivity index (χ0v) is 20.5. The Balaban J connectivity index is 1.82. The fourth-order valence-corrected chi connectivity index (χ4v) is 4.32. The molecular weight excluding hydrogens is 516 g/mol. The van der Waals surface area contributed by atoms with Gasteiger partial charge < -0.3 is 50.0 Å². The van der Waals surface area contributed by atoms with Gasteiger partial charge >= 0.3 is 5.97 Å². The van der Waals surface area contributed by atoms with Crippen molar-refractivity contribution in [3.05, 3.63) is 76.9 Å². The van der Waals surface area contributed by atoms with Gasteiger partial charge in [0.25, 0.3) is 0 Å². The van der Waals surface area contributed by atoms with Gasteiger partial charge in [-0.2, -0.15) is 0 Å². The molecule has 7 N–H and O–H groups in total. The van der Waals surface area contributed by atoms with Gasteiger partial charge in [0, 0.05) is 11.6 Å². The zero-order valence-electron chi connectivity index (χ0n) is 20.5. The molecule has 39 heavy (non-hydrogen) atoms. The topological polar surface area (TPSA) is 203 Å². The highest BCUT2D eigenvalue weighted by atomic mass is 16.6. The maximum Gasteiger partial charge on any atom is 0.338 e. The summed E-state index contributed by atoms with van der Waals surface area (Å²) < 4.78 is 16.5. The highest BCUT2D eigenvalue weighted by Gasteiger charge is 2.49. The quantitative estimate of drug-likeness (QED) is 0.166. The van der Waals surface area contributed by atoms with Gasteiger partial charge in [-0.15, -0.1) is 0 Å². The summed E-state index contributed by atoms with van der Waals surface area (Å²) in [5.74, 6) is -3.78. The molecule has 12 heteroatoms. The van der Waals surface area contributed by atoms with Crippen LogP contribution in [0.3, 0.4) is 0 Å². The van der Waals surface area contributed by atoms with Crippen LogP contribution in [0, 0.1) is 0 Å². The highest BCUT2D eigenvalue weighted by Crippen LogP contribution is 2.47. The summed E-state index contributed by atoms with van der Waals surface area (Å²) in [6, 6.07) is 11.0. The van der Waals surface area contributed by atoms with Gasteiger partial charge in [-0.1, -0.05) is 0 Å². The third-order valence-corrected chi connectivity index (χ3v) is 6.36. The predicted octanol–water partition coefficient (Wildman–Crippen LogP) is 1.13. The number of carbonyl (C=O) groups excluding carboxylic acids is 2. The van der Waals surface area contributed by atoms with E-state index < -0.39 is 65.9 Å². The highest BCUT2D eigenvalue weighted by molar-refractivity contribution is 6.13. The van der Waals surface area contributed by atoms with Crippen LogP contribution in [0.5, 0.6) is 28.7 Å². The number of methoxy groups -OCH3 is 1. The van der Waals surface area contributed by atoms with E-state index in [0.29, 0.717) is 0 Å². The summed E-state index contributed by atoms with van der Waals surface area (Å²) in [6.45, 7) is -0.770. The first-order valence-electron chi connectivity index (χ1n) is 11.7. The van der Waals surface area contributed by atoms with Crippen LogP contribution in [0.2, 0.25) is 0 Å². The second-order valence-corrected chi connectivity index (χ2v) is 8.79. The molecule has 0 radical (unpaired) electrons. The number of rotatable bonds is 7. The molecule has 0 aromatic heterocycles. The lowest BCUT2D eigenvalue weighted by atomic mass is 9.88. The Labute approximate surface area is 221 Å². The Morgan fingerprint density at radius 3 is 1.97 bits per heavy atom. The Bertz CT molecular complexity index is 1350. The number of ketones is 1. The fourth-order valence-electron chi connectivity index (χ4n) is 4.32. The number of aliphatic hydroxyl groups is 3. The first-order valence-corrected chi connectivity index (χ1v) is 11.7. The summed E-state index contributed by atoms with van der Waals surface area (Å²) in [4.78, 5) is 26.1. The molecule has 1 aliphatic rings. The molecule has 0 spiro atoms. The largest absolute Gasteiger partial charge is 0.508 e. The molecule has 0 amide bonds. The number of hydrogen-bond donors (Lipinski definition) is 7. The Morgan fingerprint density at radius 2 is 1.44 bits per heavy atom. The lowest BCUT2D eigenvalue weighted by molar-refractivity contribution is -0.232. The second kappa shape index (κ2) is 11.2. The number of ether oxygens (including phenoxy) is 3. The maximum absolute atomic E-state index is 13.2. The zero-order chi connectivity index (χ0) is 28.4. The van der Waals surface area contributed by atoms with E-state index in [4.69, 9.17) is 14.2 Å². The summed E-state index contributed by atoms with van der Waals surface area (Å²) in [6.07, 6.45) is -8.26. The molecule has 0 aliphatic carbocycles. The molecule has 1 saturated heterocycles. The van der Waals surface area contributed by atoms with Crippen molar-refractivity contribution < 1.29 is 59.5 Å². The monoisotopic (exact) mass is 542 g/mol. The molecule has 3 aromatic rings. The number of benzene rings is 3. The van der Waals surface area contributed by atoms with E-state index in [2.05, 4.69) is 0 Å². The minimum Gasteiger partial charge on any atom is -0.508 e. The van der Waals surface area contributed by atoms with Gasteiger partial charge in [0.05, 0.1) is 24.8 Å². The van der Waals surface area contributed by atoms with Crippen LogP contribution in [0.1, 0.15) is 37.9 Å². The van der Waals surface area contributed by atoms with Crippen molar-refractivity contribution in [1.29, 1.82) is 0 Å². The van der Waals surface area contributed by atoms with E-state index in [1.54, 1.807) is 0 Å². The summed E-state index contributed by atoms with van der Waals surface area (Å²) in [5.41, 5.74) is -0.920. The summed E-state index contributed by atoms with van der Waals surface area (Å²) >= 11 is 0. The van der Waals surface area contributed by atoms with Crippen molar-refractivity contribution >= 4 is 11.8 Å². The third-order valence-electron chi connectivity index (χ3n) is 6.36. The Morgan fingerprint density at radius 1 is 0.872 bits per heavy atom. The molecule has 4 rings (SSSR count). The summed E-state index contributed by atoms with van der Waals surface area (Å²) in [7, 11) is 1.19. The molecule has 12 nitrogen and oxygen atoms in total. The smallest absolute Gasteiger partial charge is 0.338 e. The van der Waals surface area contributed by atoms with Gasteiger partial charge in [0.15, 0.2) is 6.10 Å². The van der Waals surface area contributed by atoms with Gasteiger partial charge in [-0.05, 0) is 48.5 Å². The number of phenols is 4. The molecule has 1 fully saturated rings. The average molecular weight is 542 g/mol. The maximum atomic E-state index is 13.2. The minimum atomic E-state index is -1.84. The SMILES string of the molecule is COc1cc(O)c(C(=O)c2ccc(O)cc2)c(O)c1[C@@H]1OC(CO)[C@@H](O)C(O)[C@@H]1OC(=O)c1ccc(O)cc1. The minimum absolute atomic E-state index is 0.00178. The van der Waals surface area contributed by atoms with Crippen molar-refractivity contribution in [2.75, 3.05) is 13.7 Å². The number of aliphatic hydroxyl groups excluding tert-OH is 3. The van der Waals surface area contributed by atoms with Gasteiger partial charge in [0.1, 0.15) is 58.7 Å². The van der Waals surface area contributed by atoms with Crippen molar-refractivity contribution in [3.8, 4) is 28.7 Å². The van der Waals surface area contributed by atoms with Gasteiger partial charge in [-0.25, -0.2) is 4.79 Å². The fraction of sp³-hybridized carbons (Fsp3) is 0.259. The molecule has 206 valence electrons. The molecule has 0 bridgehead atoms. The van der Waals surface area contributed by atoms with E-state index in [-0.39, 0.29) is 33.9 Å². The second-order valence-electron chi connectivity index (χ2n) is 8.79. The standard InChI is InChI=1S/C27H26O12/c1-37-17-10-16(31)19(21(32)12-2-6-14(29)7-3-12)23(34)20(17)25-26(24(35)22(33)18(11-28)38-25)39-27(36)13-4-8-15(30)9-5-13/h2-10,18,22,24-26,28-31,33-35H,11H2,1H3/t18?,22-,24?,25+,26+/m1/s1. The number of phenolic OH excluding ortho intramolecular Hbond substituents is 4. The van der Waals surface area contributed by atoms with Crippen molar-refractivity contribution in [2.24, 2.45) is 0 Å². The predicted molar refractivity (Wildman–Crippen MR) is 132 cm³/mol. The lowest BCUT2D eigenvalue weighted by Gasteiger charge is -2.42. The average Bonchev–Trinajstić information content (AvgIpc) is 2.92. The molecule has 0 saturated carbocycles. The molecule has 1 heterocycles. The van der Waals surface area contributed by atoms with Gasteiger partial charge in [0.2, 0.25) is 5.78 Å². The van der Waals surface area contributed by atoms with Crippen LogP contribution in [0.15, 0.2) is 54.6 Å². The van der Waals surface area contributed by atoms with Crippen molar-refractivity contribution in [3.63, 3.8) is 0 Å². The lowest BCUT2D eigenvalue weighted by Crippen LogP contribution is -2.56. The van der Waals surface area contributed by atoms with Gasteiger partial charge in [-0.3, -0.25) is 4.79 Å². The van der Waals surface area contributed by atoms with Crippen molar-refractivity contribution in [1.82, 2.24) is 0 Å². The first-order chi connectivity index (χ1) is 18.6. The molecule has 5 atom stereocenters. The number of esters is 1. The van der Waals surface area contributed by atoms with Crippen LogP contribution in [-0.4, -0.2) is 85.6 Å². The Kier molecular flexibility index (Phi) is 7.93. The van der Waals surface area contributed by atoms with Crippen LogP contribution in [-0.2, 0) is 9.47 Å². The van der Waals surface area contributed by atoms with E-state index in [1.807, 2.05) is 0 Å². The molecule has 2 unspecified atom stereocenters. The van der Waals surface area contributed by atoms with E-state index in [1.165, 1.54) is 55.6 Å². The Hall–Kier alpha value is -4.36. The van der Waals surface area contributed by atoms with Crippen LogP contribution < -0.4 is 4.74 Å². The van der Waals surface area contributed by atoms with E-state index >= 15 is 0 Å². The first kappa shape index (κ1) is 27.7. The normalized spacial score (nSPS) is 22.7. The number of hydrogen-bond acceptors (Lipinski definition) is 12. The number of aromatic hydroxyl groups is 4. The molecule has 1 aliphatic heterocycles. The van der Waals surface area contributed by atoms with E-state index in [9.17, 15) is 45.3 Å². The van der Waals surface area contributed by atoms with E-state index in [0.717, 1.165) is 6.07 Å². The van der Waals surface area contributed by atoms with Crippen LogP contribution in [0.25, 0.3) is 0 Å². The van der Waals surface area contributed by atoms with Crippen LogP contribution in [0.4, 0.5) is 0 Å². The third kappa shape index (κ3) is 5.31. The van der Waals surface area contributed by atoms with Crippen molar-refractivity contribution in [2.45, 2.75) is 30.5 Å². The molecular formula is C27H26O12. The van der Waals surface area contributed by atoms with Crippen LogP contribution >= 0.6 is 0 Å². The number of carbonyl (C=O) groups is 2. The summed E-state index contributed by atoms with van der Waals surface area (Å²) in [5, 5.41) is 72.0.